The highest BCUT2D eigenvalue weighted by Gasteiger charge is 2.22. The van der Waals surface area contributed by atoms with Crippen molar-refractivity contribution in [2.75, 3.05) is 44.0 Å². The highest BCUT2D eigenvalue weighted by atomic mass is 32.1. The van der Waals surface area contributed by atoms with Crippen LogP contribution in [0.2, 0.25) is 0 Å². The Kier molecular flexibility index (Phi) is 6.72. The Morgan fingerprint density at radius 3 is 2.93 bits per heavy atom. The molecule has 6 nitrogen and oxygen atoms in total. The maximum atomic E-state index is 13.4. The number of aliphatic imine (C=N–C) groups is 1. The number of thiazole rings is 1. The number of nitrogens with one attached hydrogen (secondary N) is 2. The molecule has 8 heteroatoms. The van der Waals surface area contributed by atoms with E-state index in [-0.39, 0.29) is 11.9 Å². The van der Waals surface area contributed by atoms with Gasteiger partial charge < -0.3 is 20.4 Å². The number of guanidine groups is 1. The zero-order valence-corrected chi connectivity index (χ0v) is 17.8. The van der Waals surface area contributed by atoms with Crippen LogP contribution >= 0.6 is 11.3 Å². The van der Waals surface area contributed by atoms with E-state index in [9.17, 15) is 4.39 Å². The topological polar surface area (TPSA) is 55.8 Å². The van der Waals surface area contributed by atoms with Crippen LogP contribution < -0.4 is 20.4 Å². The second kappa shape index (κ2) is 9.23. The highest BCUT2D eigenvalue weighted by molar-refractivity contribution is 7.13. The molecular formula is C20H29FN6S. The minimum atomic E-state index is -0.183. The van der Waals surface area contributed by atoms with Gasteiger partial charge in [-0.1, -0.05) is 0 Å². The fourth-order valence-electron chi connectivity index (χ4n) is 3.43. The van der Waals surface area contributed by atoms with Gasteiger partial charge in [-0.3, -0.25) is 4.99 Å². The van der Waals surface area contributed by atoms with Crippen LogP contribution in [-0.4, -0.2) is 51.2 Å². The lowest BCUT2D eigenvalue weighted by Gasteiger charge is -2.36. The van der Waals surface area contributed by atoms with Gasteiger partial charge >= 0.3 is 0 Å². The van der Waals surface area contributed by atoms with Crippen LogP contribution in [0.1, 0.15) is 24.1 Å². The Bertz CT molecular complexity index is 819. The van der Waals surface area contributed by atoms with Gasteiger partial charge in [-0.25, -0.2) is 9.37 Å². The monoisotopic (exact) mass is 404 g/mol. The summed E-state index contributed by atoms with van der Waals surface area (Å²) in [6.45, 7) is 4.46. The summed E-state index contributed by atoms with van der Waals surface area (Å²) in [4.78, 5) is 13.3. The predicted molar refractivity (Wildman–Crippen MR) is 116 cm³/mol. The first-order valence-electron chi connectivity index (χ1n) is 9.56. The Hall–Kier alpha value is -2.35. The summed E-state index contributed by atoms with van der Waals surface area (Å²) < 4.78 is 13.4. The molecule has 1 aliphatic heterocycles. The van der Waals surface area contributed by atoms with Crippen LogP contribution in [0, 0.1) is 12.7 Å². The summed E-state index contributed by atoms with van der Waals surface area (Å²) in [5, 5.41) is 9.94. The molecule has 0 amide bonds. The van der Waals surface area contributed by atoms with E-state index in [4.69, 9.17) is 0 Å². The molecule has 3 rings (SSSR count). The summed E-state index contributed by atoms with van der Waals surface area (Å²) in [6, 6.07) is 5.31. The first kappa shape index (κ1) is 20.4. The summed E-state index contributed by atoms with van der Waals surface area (Å²) in [5.41, 5.74) is 3.08. The number of aryl methyl sites for hydroxylation is 1. The van der Waals surface area contributed by atoms with E-state index in [1.54, 1.807) is 24.5 Å². The first-order valence-corrected chi connectivity index (χ1v) is 10.4. The van der Waals surface area contributed by atoms with Crippen molar-refractivity contribution in [3.63, 3.8) is 0 Å². The summed E-state index contributed by atoms with van der Waals surface area (Å²) in [5.74, 6) is 0.596. The van der Waals surface area contributed by atoms with Gasteiger partial charge in [0.15, 0.2) is 11.1 Å². The minimum absolute atomic E-state index is 0.183. The molecule has 1 aromatic carbocycles. The Balaban J connectivity index is 1.56. The van der Waals surface area contributed by atoms with Crippen LogP contribution in [0.5, 0.6) is 0 Å². The molecule has 0 spiro atoms. The molecule has 1 unspecified atom stereocenters. The fraction of sp³-hybridized carbons (Fsp3) is 0.500. The second-order valence-corrected chi connectivity index (χ2v) is 8.14. The number of aromatic nitrogens is 1. The Morgan fingerprint density at radius 2 is 2.25 bits per heavy atom. The molecule has 2 aromatic rings. The van der Waals surface area contributed by atoms with Crippen LogP contribution in [0.25, 0.3) is 0 Å². The predicted octanol–water partition coefficient (Wildman–Crippen LogP) is 2.99. The van der Waals surface area contributed by atoms with E-state index in [1.165, 1.54) is 6.07 Å². The van der Waals surface area contributed by atoms with Gasteiger partial charge in [0.25, 0.3) is 0 Å². The zero-order valence-electron chi connectivity index (χ0n) is 17.0. The smallest absolute Gasteiger partial charge is 0.191 e. The molecule has 1 aromatic heterocycles. The minimum Gasteiger partial charge on any atom is -0.369 e. The van der Waals surface area contributed by atoms with Crippen molar-refractivity contribution in [3.05, 3.63) is 40.7 Å². The summed E-state index contributed by atoms with van der Waals surface area (Å²) in [6.07, 6.45) is 2.17. The quantitative estimate of drug-likeness (QED) is 0.593. The number of anilines is 2. The lowest BCUT2D eigenvalue weighted by atomic mass is 10.0. The van der Waals surface area contributed by atoms with E-state index in [1.807, 2.05) is 32.0 Å². The van der Waals surface area contributed by atoms with Gasteiger partial charge in [0.1, 0.15) is 5.82 Å². The third kappa shape index (κ3) is 5.13. The van der Waals surface area contributed by atoms with Crippen molar-refractivity contribution in [2.24, 2.45) is 4.99 Å². The molecular weight excluding hydrogens is 375 g/mol. The molecule has 1 aliphatic rings. The molecule has 2 N–H and O–H groups in total. The van der Waals surface area contributed by atoms with Crippen molar-refractivity contribution in [1.29, 1.82) is 0 Å². The van der Waals surface area contributed by atoms with Gasteiger partial charge in [-0.2, -0.15) is 0 Å². The van der Waals surface area contributed by atoms with Gasteiger partial charge in [0, 0.05) is 51.3 Å². The van der Waals surface area contributed by atoms with Gasteiger partial charge in [-0.05, 0) is 43.5 Å². The van der Waals surface area contributed by atoms with Crippen LogP contribution in [0.15, 0.2) is 28.6 Å². The van der Waals surface area contributed by atoms with Crippen molar-refractivity contribution >= 4 is 28.1 Å². The number of rotatable bonds is 5. The van der Waals surface area contributed by atoms with Crippen molar-refractivity contribution in [1.82, 2.24) is 15.6 Å². The molecule has 1 atom stereocenters. The standard InChI is InChI=1S/C20H29FN6S/c1-14-10-15(21)7-8-18(14)27-9-5-6-16(12-27)24-19(22-2)23-11-17-13-28-20(25-17)26(3)4/h7-8,10,13,16H,5-6,9,11-12H2,1-4H3,(H2,22,23,24). The van der Waals surface area contributed by atoms with Gasteiger partial charge in [-0.15, -0.1) is 11.3 Å². The molecule has 152 valence electrons. The maximum Gasteiger partial charge on any atom is 0.191 e. The Morgan fingerprint density at radius 1 is 1.43 bits per heavy atom. The van der Waals surface area contributed by atoms with E-state index in [0.717, 1.165) is 54.0 Å². The molecule has 0 saturated carbocycles. The highest BCUT2D eigenvalue weighted by Crippen LogP contribution is 2.24. The molecule has 2 heterocycles. The van der Waals surface area contributed by atoms with Gasteiger partial charge in [0.05, 0.1) is 12.2 Å². The lowest BCUT2D eigenvalue weighted by molar-refractivity contribution is 0.467. The average Bonchev–Trinajstić information content (AvgIpc) is 3.15. The summed E-state index contributed by atoms with van der Waals surface area (Å²) in [7, 11) is 5.77. The molecule has 0 bridgehead atoms. The number of nitrogens with zero attached hydrogens (tertiary/aromatic N) is 4. The fourth-order valence-corrected chi connectivity index (χ4v) is 4.19. The SMILES string of the molecule is CN=C(NCc1csc(N(C)C)n1)NC1CCCN(c2ccc(F)cc2C)C1. The molecule has 28 heavy (non-hydrogen) atoms. The molecule has 1 saturated heterocycles. The number of benzene rings is 1. The third-order valence-electron chi connectivity index (χ3n) is 4.84. The number of halogens is 1. The van der Waals surface area contributed by atoms with E-state index in [0.29, 0.717) is 6.54 Å². The normalized spacial score (nSPS) is 17.5. The second-order valence-electron chi connectivity index (χ2n) is 7.30. The van der Waals surface area contributed by atoms with Crippen LogP contribution in [0.4, 0.5) is 15.2 Å². The molecule has 0 aliphatic carbocycles. The molecule has 1 fully saturated rings. The zero-order chi connectivity index (χ0) is 20.1. The molecule has 0 radical (unpaired) electrons. The van der Waals surface area contributed by atoms with Gasteiger partial charge in [0.2, 0.25) is 0 Å². The average molecular weight is 405 g/mol. The van der Waals surface area contributed by atoms with Crippen molar-refractivity contribution in [2.45, 2.75) is 32.4 Å². The maximum absolute atomic E-state index is 13.4. The number of hydrogen-bond acceptors (Lipinski definition) is 5. The number of piperidine rings is 1. The lowest BCUT2D eigenvalue weighted by Crippen LogP contribution is -2.51. The van der Waals surface area contributed by atoms with Crippen LogP contribution in [-0.2, 0) is 6.54 Å². The van der Waals surface area contributed by atoms with Crippen molar-refractivity contribution in [3.8, 4) is 0 Å². The van der Waals surface area contributed by atoms with Crippen molar-refractivity contribution < 1.29 is 4.39 Å². The van der Waals surface area contributed by atoms with E-state index < -0.39 is 0 Å². The number of hydrogen-bond donors (Lipinski definition) is 2. The largest absolute Gasteiger partial charge is 0.369 e. The third-order valence-corrected chi connectivity index (χ3v) is 5.90. The Labute approximate surface area is 170 Å². The van der Waals surface area contributed by atoms with E-state index in [2.05, 4.69) is 30.9 Å². The summed E-state index contributed by atoms with van der Waals surface area (Å²) >= 11 is 1.63. The van der Waals surface area contributed by atoms with Crippen LogP contribution in [0.3, 0.4) is 0 Å². The first-order chi connectivity index (χ1) is 13.5. The van der Waals surface area contributed by atoms with E-state index >= 15 is 0 Å².